The monoisotopic (exact) mass is 567 g/mol. The predicted octanol–water partition coefficient (Wildman–Crippen LogP) is 3.52. The number of fused-ring (bicyclic) bond motifs is 2. The fourth-order valence-corrected chi connectivity index (χ4v) is 5.67. The number of anilines is 2. The molecule has 2 aromatic heterocycles. The maximum absolute atomic E-state index is 13.7. The van der Waals surface area contributed by atoms with Crippen LogP contribution in [0.1, 0.15) is 19.4 Å². The molecule has 0 spiro atoms. The highest BCUT2D eigenvalue weighted by Gasteiger charge is 2.35. The number of nitrogens with zero attached hydrogens (tertiary/aromatic N) is 4. The summed E-state index contributed by atoms with van der Waals surface area (Å²) in [6.07, 6.45) is 0. The zero-order valence-corrected chi connectivity index (χ0v) is 23.1. The summed E-state index contributed by atoms with van der Waals surface area (Å²) in [6, 6.07) is 21.4. The van der Waals surface area contributed by atoms with Crippen molar-refractivity contribution in [3.05, 3.63) is 93.2 Å². The fourth-order valence-electron chi connectivity index (χ4n) is 4.68. The number of thiazole rings is 1. The fraction of sp³-hybridized carbons (Fsp3) is 0.167. The van der Waals surface area contributed by atoms with Gasteiger partial charge in [-0.15, -0.1) is 5.10 Å². The Hall–Kier alpha value is -5.03. The van der Waals surface area contributed by atoms with E-state index in [0.717, 1.165) is 22.6 Å². The van der Waals surface area contributed by atoms with Gasteiger partial charge in [0.2, 0.25) is 10.9 Å². The van der Waals surface area contributed by atoms with Crippen molar-refractivity contribution in [3.63, 3.8) is 0 Å². The van der Waals surface area contributed by atoms with E-state index in [1.165, 1.54) is 9.42 Å². The van der Waals surface area contributed by atoms with E-state index in [1.54, 1.807) is 48.5 Å². The van der Waals surface area contributed by atoms with Gasteiger partial charge in [-0.2, -0.15) is 9.50 Å². The third kappa shape index (κ3) is 4.91. The van der Waals surface area contributed by atoms with Gasteiger partial charge in [-0.25, -0.2) is 0 Å². The van der Waals surface area contributed by atoms with E-state index in [4.69, 9.17) is 9.47 Å². The summed E-state index contributed by atoms with van der Waals surface area (Å²) in [6.45, 7) is 4.69. The smallest absolute Gasteiger partial charge is 0.291 e. The number of ether oxygens (including phenoxy) is 2. The summed E-state index contributed by atoms with van der Waals surface area (Å²) in [5.74, 6) is 1.03. The highest BCUT2D eigenvalue weighted by molar-refractivity contribution is 7.15. The molecule has 11 heteroatoms. The molecule has 41 heavy (non-hydrogen) atoms. The lowest BCUT2D eigenvalue weighted by atomic mass is 10.1. The van der Waals surface area contributed by atoms with Crippen LogP contribution < -0.4 is 29.8 Å². The molecular weight excluding hydrogens is 542 g/mol. The van der Waals surface area contributed by atoms with Gasteiger partial charge in [0.05, 0.1) is 24.5 Å². The van der Waals surface area contributed by atoms with Crippen molar-refractivity contribution >= 4 is 45.1 Å². The minimum atomic E-state index is -0.437. The molecule has 0 saturated carbocycles. The molecule has 0 unspecified atom stereocenters. The minimum absolute atomic E-state index is 0.219. The Morgan fingerprint density at radius 3 is 2.22 bits per heavy atom. The maximum Gasteiger partial charge on any atom is 0.291 e. The summed E-state index contributed by atoms with van der Waals surface area (Å²) in [4.78, 5) is 46.4. The third-order valence-electron chi connectivity index (χ3n) is 6.48. The Morgan fingerprint density at radius 2 is 1.56 bits per heavy atom. The molecule has 5 aromatic rings. The zero-order valence-electron chi connectivity index (χ0n) is 22.3. The minimum Gasteiger partial charge on any atom is -0.494 e. The Labute approximate surface area is 238 Å². The van der Waals surface area contributed by atoms with E-state index >= 15 is 0 Å². The number of carbonyl (C=O) groups excluding carboxylic acids is 2. The number of nitrogens with one attached hydrogen (secondary N) is 1. The molecule has 1 aliphatic heterocycles. The van der Waals surface area contributed by atoms with Crippen LogP contribution in [0.5, 0.6) is 11.5 Å². The van der Waals surface area contributed by atoms with Crippen LogP contribution >= 0.6 is 11.3 Å². The number of para-hydroxylation sites is 1. The van der Waals surface area contributed by atoms with E-state index in [-0.39, 0.29) is 22.6 Å². The quantitative estimate of drug-likeness (QED) is 0.305. The van der Waals surface area contributed by atoms with Crippen molar-refractivity contribution in [2.75, 3.05) is 30.0 Å². The molecule has 0 bridgehead atoms. The van der Waals surface area contributed by atoms with Crippen LogP contribution in [-0.4, -0.2) is 46.2 Å². The van der Waals surface area contributed by atoms with Gasteiger partial charge in [0, 0.05) is 16.8 Å². The van der Waals surface area contributed by atoms with E-state index in [1.807, 2.05) is 38.1 Å². The lowest BCUT2D eigenvalue weighted by molar-refractivity contribution is -0.118. The number of amides is 2. The predicted molar refractivity (Wildman–Crippen MR) is 157 cm³/mol. The first-order chi connectivity index (χ1) is 20.0. The number of hydrogen-bond donors (Lipinski definition) is 1. The Bertz CT molecular complexity index is 1880. The Kier molecular flexibility index (Phi) is 6.94. The molecule has 0 atom stereocenters. The van der Waals surface area contributed by atoms with Gasteiger partial charge in [0.25, 0.3) is 11.5 Å². The second-order valence-corrected chi connectivity index (χ2v) is 10.1. The van der Waals surface area contributed by atoms with Crippen LogP contribution in [-0.2, 0) is 9.59 Å². The van der Waals surface area contributed by atoms with Gasteiger partial charge < -0.3 is 14.8 Å². The summed E-state index contributed by atoms with van der Waals surface area (Å²) in [5.41, 5.74) is 2.26. The van der Waals surface area contributed by atoms with Gasteiger partial charge in [0.1, 0.15) is 22.6 Å². The van der Waals surface area contributed by atoms with E-state index < -0.39 is 11.5 Å². The molecule has 10 nitrogen and oxygen atoms in total. The van der Waals surface area contributed by atoms with Crippen LogP contribution in [0.4, 0.5) is 11.4 Å². The second kappa shape index (κ2) is 10.9. The molecule has 206 valence electrons. The van der Waals surface area contributed by atoms with Crippen LogP contribution in [0.3, 0.4) is 0 Å². The molecule has 0 radical (unpaired) electrons. The highest BCUT2D eigenvalue weighted by atomic mass is 32.1. The number of hydrogen-bond acceptors (Lipinski definition) is 8. The van der Waals surface area contributed by atoms with E-state index in [2.05, 4.69) is 15.4 Å². The molecule has 6 rings (SSSR count). The molecule has 0 saturated heterocycles. The molecule has 2 amide bonds. The standard InChI is InChI=1S/C30H25N5O5S/c1-3-39-20-13-9-18(10-14-20)27-32-30-35(33-27)29(38)26(41-30)25-22-7-5-6-8-23(22)34(28(25)37)17-24(36)31-19-11-15-21(16-12-19)40-4-2/h5-16H,3-4,17H2,1-2H3,(H,31,36). The van der Waals surface area contributed by atoms with Crippen LogP contribution in [0.25, 0.3) is 21.9 Å². The first-order valence-corrected chi connectivity index (χ1v) is 13.9. The van der Waals surface area contributed by atoms with Crippen molar-refractivity contribution in [1.29, 1.82) is 0 Å². The number of benzene rings is 3. The summed E-state index contributed by atoms with van der Waals surface area (Å²) >= 11 is 1.10. The SMILES string of the molecule is CCOc1ccc(NC(=O)CN2C(=O)C(=c3sc4nc(-c5ccc(OCC)cc5)nn4c3=O)c3ccccc32)cc1. The van der Waals surface area contributed by atoms with E-state index in [9.17, 15) is 14.4 Å². The first-order valence-electron chi connectivity index (χ1n) is 13.1. The topological polar surface area (TPSA) is 115 Å². The maximum atomic E-state index is 13.7. The Balaban J connectivity index is 1.30. The number of aromatic nitrogens is 3. The van der Waals surface area contributed by atoms with Crippen LogP contribution in [0.2, 0.25) is 0 Å². The lowest BCUT2D eigenvalue weighted by Crippen LogP contribution is -2.37. The molecule has 0 aliphatic carbocycles. The van der Waals surface area contributed by atoms with Gasteiger partial charge in [-0.3, -0.25) is 19.3 Å². The molecule has 3 heterocycles. The Morgan fingerprint density at radius 1 is 0.902 bits per heavy atom. The van der Waals surface area contributed by atoms with Crippen molar-refractivity contribution in [2.45, 2.75) is 13.8 Å². The number of rotatable bonds is 8. The van der Waals surface area contributed by atoms with Crippen molar-refractivity contribution < 1.29 is 19.1 Å². The summed E-state index contributed by atoms with van der Waals surface area (Å²) in [5, 5.41) is 7.23. The lowest BCUT2D eigenvalue weighted by Gasteiger charge is -2.16. The van der Waals surface area contributed by atoms with Gasteiger partial charge in [0.15, 0.2) is 5.82 Å². The average molecular weight is 568 g/mol. The number of carbonyl (C=O) groups is 2. The van der Waals surface area contributed by atoms with Gasteiger partial charge in [-0.05, 0) is 68.4 Å². The normalized spacial score (nSPS) is 13.9. The van der Waals surface area contributed by atoms with Crippen LogP contribution in [0, 0.1) is 0 Å². The average Bonchev–Trinajstić information content (AvgIpc) is 3.61. The molecule has 1 N–H and O–H groups in total. The molecule has 0 fully saturated rings. The largest absolute Gasteiger partial charge is 0.494 e. The summed E-state index contributed by atoms with van der Waals surface area (Å²) in [7, 11) is 0. The van der Waals surface area contributed by atoms with Crippen molar-refractivity contribution in [3.8, 4) is 22.9 Å². The van der Waals surface area contributed by atoms with Gasteiger partial charge in [-0.1, -0.05) is 29.5 Å². The molecule has 1 aliphatic rings. The first kappa shape index (κ1) is 26.2. The zero-order chi connectivity index (χ0) is 28.5. The molecular formula is C30H25N5O5S. The van der Waals surface area contributed by atoms with E-state index in [0.29, 0.717) is 46.7 Å². The second-order valence-electron chi connectivity index (χ2n) is 9.11. The van der Waals surface area contributed by atoms with Gasteiger partial charge >= 0.3 is 0 Å². The molecule has 3 aromatic carbocycles. The van der Waals surface area contributed by atoms with Crippen molar-refractivity contribution in [1.82, 2.24) is 14.6 Å². The highest BCUT2D eigenvalue weighted by Crippen LogP contribution is 2.35. The van der Waals surface area contributed by atoms with Crippen molar-refractivity contribution in [2.24, 2.45) is 0 Å². The summed E-state index contributed by atoms with van der Waals surface area (Å²) < 4.78 is 12.4. The van der Waals surface area contributed by atoms with Crippen LogP contribution in [0.15, 0.2) is 77.6 Å². The third-order valence-corrected chi connectivity index (χ3v) is 7.51.